The van der Waals surface area contributed by atoms with Gasteiger partial charge in [-0.2, -0.15) is 13.2 Å². The van der Waals surface area contributed by atoms with Gasteiger partial charge in [-0.3, -0.25) is 4.90 Å². The lowest BCUT2D eigenvalue weighted by atomic mass is 10.2. The third-order valence-corrected chi connectivity index (χ3v) is 5.74. The molecule has 2 unspecified atom stereocenters. The van der Waals surface area contributed by atoms with E-state index in [0.29, 0.717) is 25.8 Å². The van der Waals surface area contributed by atoms with E-state index in [4.69, 9.17) is 0 Å². The lowest BCUT2D eigenvalue weighted by Gasteiger charge is -2.34. The van der Waals surface area contributed by atoms with Crippen LogP contribution in [0.1, 0.15) is 19.3 Å². The van der Waals surface area contributed by atoms with Crippen LogP contribution in [-0.4, -0.2) is 56.3 Å². The van der Waals surface area contributed by atoms with Gasteiger partial charge in [-0.05, 0) is 25.8 Å². The van der Waals surface area contributed by atoms with Crippen molar-refractivity contribution in [3.05, 3.63) is 0 Å². The lowest BCUT2D eigenvalue weighted by molar-refractivity contribution is -0.182. The predicted molar refractivity (Wildman–Crippen MR) is 60.8 cm³/mol. The van der Waals surface area contributed by atoms with Gasteiger partial charge < -0.3 is 5.32 Å². The molecule has 0 aromatic heterocycles. The van der Waals surface area contributed by atoms with Crippen molar-refractivity contribution in [1.29, 1.82) is 0 Å². The molecule has 0 aliphatic carbocycles. The first-order valence-corrected chi connectivity index (χ1v) is 7.78. The van der Waals surface area contributed by atoms with Crippen molar-refractivity contribution >= 4 is 9.84 Å². The first-order chi connectivity index (χ1) is 8.32. The van der Waals surface area contributed by atoms with Gasteiger partial charge in [0.2, 0.25) is 0 Å². The summed E-state index contributed by atoms with van der Waals surface area (Å²) in [5, 5.41) is 1.77. The molecule has 2 heterocycles. The van der Waals surface area contributed by atoms with Crippen LogP contribution in [0.15, 0.2) is 0 Å². The zero-order chi connectivity index (χ0) is 13.4. The van der Waals surface area contributed by atoms with Crippen molar-refractivity contribution in [1.82, 2.24) is 10.2 Å². The normalized spacial score (nSPS) is 34.4. The Morgan fingerprint density at radius 1 is 1.22 bits per heavy atom. The first-order valence-electron chi connectivity index (χ1n) is 6.07. The summed E-state index contributed by atoms with van der Waals surface area (Å²) in [4.78, 5) is 1.14. The van der Waals surface area contributed by atoms with Crippen LogP contribution in [0.4, 0.5) is 13.2 Å². The first kappa shape index (κ1) is 14.1. The maximum absolute atomic E-state index is 13.0. The Morgan fingerprint density at radius 3 is 2.50 bits per heavy atom. The van der Waals surface area contributed by atoms with E-state index >= 15 is 0 Å². The molecule has 2 atom stereocenters. The molecule has 106 valence electrons. The van der Waals surface area contributed by atoms with E-state index in [2.05, 4.69) is 5.32 Å². The average molecular weight is 286 g/mol. The topological polar surface area (TPSA) is 49.4 Å². The van der Waals surface area contributed by atoms with Crippen LogP contribution < -0.4 is 5.32 Å². The summed E-state index contributed by atoms with van der Waals surface area (Å²) < 4.78 is 62.6. The van der Waals surface area contributed by atoms with Gasteiger partial charge >= 0.3 is 6.18 Å². The van der Waals surface area contributed by atoms with Crippen molar-refractivity contribution in [2.75, 3.05) is 25.4 Å². The molecular weight excluding hydrogens is 269 g/mol. The van der Waals surface area contributed by atoms with Crippen LogP contribution in [0.5, 0.6) is 0 Å². The molecule has 2 aliphatic heterocycles. The molecule has 8 heteroatoms. The fourth-order valence-electron chi connectivity index (χ4n) is 2.69. The maximum Gasteiger partial charge on any atom is 0.405 e. The summed E-state index contributed by atoms with van der Waals surface area (Å²) in [7, 11) is -3.40. The summed E-state index contributed by atoms with van der Waals surface area (Å²) in [6, 6.07) is -1.70. The molecule has 2 rings (SSSR count). The van der Waals surface area contributed by atoms with E-state index in [1.165, 1.54) is 0 Å². The molecule has 2 fully saturated rings. The standard InChI is InChI=1S/C10H17F3N2O2S/c11-10(12,13)8-7-14-4-2-5-15(8)9-3-1-6-18(9,16)17/h8-9,14H,1-7H2. The number of hydrogen-bond acceptors (Lipinski definition) is 4. The van der Waals surface area contributed by atoms with Crippen molar-refractivity contribution in [3.8, 4) is 0 Å². The van der Waals surface area contributed by atoms with Crippen molar-refractivity contribution in [2.24, 2.45) is 0 Å². The second kappa shape index (κ2) is 4.97. The summed E-state index contributed by atoms with van der Waals surface area (Å²) >= 11 is 0. The molecule has 0 aromatic carbocycles. The van der Waals surface area contributed by atoms with E-state index in [1.54, 1.807) is 0 Å². The van der Waals surface area contributed by atoms with Crippen molar-refractivity contribution in [2.45, 2.75) is 36.9 Å². The van der Waals surface area contributed by atoms with Crippen LogP contribution in [0.25, 0.3) is 0 Å². The number of nitrogens with one attached hydrogen (secondary N) is 1. The quantitative estimate of drug-likeness (QED) is 0.773. The van der Waals surface area contributed by atoms with Gasteiger partial charge in [0, 0.05) is 13.1 Å². The van der Waals surface area contributed by atoms with Gasteiger partial charge in [-0.1, -0.05) is 0 Å². The summed E-state index contributed by atoms with van der Waals surface area (Å²) in [6.07, 6.45) is -3.08. The zero-order valence-electron chi connectivity index (χ0n) is 9.91. The number of rotatable bonds is 1. The Labute approximate surface area is 104 Å². The Morgan fingerprint density at radius 2 is 1.94 bits per heavy atom. The highest BCUT2D eigenvalue weighted by Crippen LogP contribution is 2.32. The van der Waals surface area contributed by atoms with Crippen LogP contribution in [0.3, 0.4) is 0 Å². The Hall–Kier alpha value is -0.340. The molecule has 0 radical (unpaired) electrons. The number of sulfone groups is 1. The molecule has 2 aliphatic rings. The minimum Gasteiger partial charge on any atom is -0.315 e. The van der Waals surface area contributed by atoms with E-state index in [9.17, 15) is 21.6 Å². The number of alkyl halides is 3. The van der Waals surface area contributed by atoms with Gasteiger partial charge in [0.1, 0.15) is 11.4 Å². The van der Waals surface area contributed by atoms with Crippen LogP contribution in [0.2, 0.25) is 0 Å². The number of nitrogens with zero attached hydrogens (tertiary/aromatic N) is 1. The van der Waals surface area contributed by atoms with E-state index in [1.807, 2.05) is 0 Å². The molecule has 1 N–H and O–H groups in total. The minimum absolute atomic E-state index is 0.00612. The largest absolute Gasteiger partial charge is 0.405 e. The lowest BCUT2D eigenvalue weighted by Crippen LogP contribution is -2.54. The van der Waals surface area contributed by atoms with Gasteiger partial charge in [-0.25, -0.2) is 8.42 Å². The monoisotopic (exact) mass is 286 g/mol. The molecular formula is C10H17F3N2O2S. The molecule has 18 heavy (non-hydrogen) atoms. The van der Waals surface area contributed by atoms with Gasteiger partial charge in [0.15, 0.2) is 9.84 Å². The minimum atomic E-state index is -4.39. The molecule has 0 saturated carbocycles. The molecule has 0 aromatic rings. The highest BCUT2D eigenvalue weighted by atomic mass is 32.2. The Balaban J connectivity index is 2.26. The summed E-state index contributed by atoms with van der Waals surface area (Å²) in [5.74, 6) is 0.00612. The number of hydrogen-bond donors (Lipinski definition) is 1. The molecule has 0 bridgehead atoms. The van der Waals surface area contributed by atoms with E-state index in [-0.39, 0.29) is 18.8 Å². The van der Waals surface area contributed by atoms with Crippen LogP contribution >= 0.6 is 0 Å². The molecule has 0 spiro atoms. The van der Waals surface area contributed by atoms with E-state index in [0.717, 1.165) is 4.90 Å². The highest BCUT2D eigenvalue weighted by Gasteiger charge is 2.49. The highest BCUT2D eigenvalue weighted by molar-refractivity contribution is 7.92. The zero-order valence-corrected chi connectivity index (χ0v) is 10.7. The number of halogens is 3. The van der Waals surface area contributed by atoms with Crippen LogP contribution in [-0.2, 0) is 9.84 Å². The fraction of sp³-hybridized carbons (Fsp3) is 1.00. The molecule has 0 amide bonds. The molecule has 2 saturated heterocycles. The van der Waals surface area contributed by atoms with Gasteiger partial charge in [0.25, 0.3) is 0 Å². The van der Waals surface area contributed by atoms with Gasteiger partial charge in [-0.15, -0.1) is 0 Å². The smallest absolute Gasteiger partial charge is 0.315 e. The van der Waals surface area contributed by atoms with Crippen molar-refractivity contribution in [3.63, 3.8) is 0 Å². The second-order valence-corrected chi connectivity index (χ2v) is 7.09. The Bertz CT molecular complexity index is 396. The summed E-state index contributed by atoms with van der Waals surface area (Å²) in [5.41, 5.74) is 0. The molecule has 4 nitrogen and oxygen atoms in total. The van der Waals surface area contributed by atoms with E-state index < -0.39 is 27.4 Å². The maximum atomic E-state index is 13.0. The third-order valence-electron chi connectivity index (χ3n) is 3.55. The summed E-state index contributed by atoms with van der Waals surface area (Å²) in [6.45, 7) is 0.451. The fourth-order valence-corrected chi connectivity index (χ4v) is 4.73. The average Bonchev–Trinajstić information content (AvgIpc) is 2.49. The SMILES string of the molecule is O=S1(=O)CCCC1N1CCCNCC1C(F)(F)F. The third kappa shape index (κ3) is 2.80. The van der Waals surface area contributed by atoms with Gasteiger partial charge in [0.05, 0.1) is 5.75 Å². The van der Waals surface area contributed by atoms with Crippen molar-refractivity contribution < 1.29 is 21.6 Å². The second-order valence-electron chi connectivity index (χ2n) is 4.82. The Kier molecular flexibility index (Phi) is 3.89. The predicted octanol–water partition coefficient (Wildman–Crippen LogP) is 0.747. The van der Waals surface area contributed by atoms with Crippen LogP contribution in [0, 0.1) is 0 Å².